The highest BCUT2D eigenvalue weighted by atomic mass is 15.1. The Bertz CT molecular complexity index is 547. The van der Waals surface area contributed by atoms with Crippen LogP contribution in [0.1, 0.15) is 57.9 Å². The molecule has 4 aliphatic rings. The van der Waals surface area contributed by atoms with Gasteiger partial charge in [0.2, 0.25) is 0 Å². The summed E-state index contributed by atoms with van der Waals surface area (Å²) in [5, 5.41) is 0. The van der Waals surface area contributed by atoms with Crippen LogP contribution in [0.15, 0.2) is 29.3 Å². The molecule has 0 heterocycles. The molecule has 0 unspecified atom stereocenters. The standard InChI is InChI=1S/C22H32N2/c1-3-24(4-2)21-7-5-17(6-8-21)15-23-16-22-12-18-9-19(13-22)11-20(10-18)14-22/h5-8,15,18-20H,3-4,9-14,16H2,1-2H3. The van der Waals surface area contributed by atoms with Gasteiger partial charge in [0, 0.05) is 31.5 Å². The lowest BCUT2D eigenvalue weighted by atomic mass is 9.49. The van der Waals surface area contributed by atoms with Gasteiger partial charge in [0.25, 0.3) is 0 Å². The summed E-state index contributed by atoms with van der Waals surface area (Å²) < 4.78 is 0. The lowest BCUT2D eigenvalue weighted by molar-refractivity contribution is -0.0464. The van der Waals surface area contributed by atoms with Crippen LogP contribution in [0, 0.1) is 23.2 Å². The highest BCUT2D eigenvalue weighted by Crippen LogP contribution is 2.60. The van der Waals surface area contributed by atoms with E-state index in [-0.39, 0.29) is 0 Å². The van der Waals surface area contributed by atoms with Gasteiger partial charge in [-0.2, -0.15) is 0 Å². The molecule has 0 saturated heterocycles. The first-order valence-corrected chi connectivity index (χ1v) is 10.0. The third kappa shape index (κ3) is 3.12. The maximum absolute atomic E-state index is 4.91. The quantitative estimate of drug-likeness (QED) is 0.659. The molecule has 0 amide bonds. The monoisotopic (exact) mass is 324 g/mol. The number of rotatable bonds is 6. The Morgan fingerprint density at radius 1 is 0.958 bits per heavy atom. The lowest BCUT2D eigenvalue weighted by Gasteiger charge is -2.56. The third-order valence-electron chi connectivity index (χ3n) is 6.85. The zero-order valence-corrected chi connectivity index (χ0v) is 15.4. The molecule has 0 aromatic heterocycles. The zero-order chi connectivity index (χ0) is 16.6. The highest BCUT2D eigenvalue weighted by molar-refractivity contribution is 5.80. The van der Waals surface area contributed by atoms with Gasteiger partial charge in [-0.3, -0.25) is 4.99 Å². The average Bonchev–Trinajstić information content (AvgIpc) is 2.56. The summed E-state index contributed by atoms with van der Waals surface area (Å²) in [7, 11) is 0. The fraction of sp³-hybridized carbons (Fsp3) is 0.682. The molecule has 0 radical (unpaired) electrons. The zero-order valence-electron chi connectivity index (χ0n) is 15.4. The summed E-state index contributed by atoms with van der Waals surface area (Å²) in [6.07, 6.45) is 11.1. The van der Waals surface area contributed by atoms with Crippen LogP contribution < -0.4 is 4.90 Å². The fourth-order valence-corrected chi connectivity index (χ4v) is 6.19. The summed E-state index contributed by atoms with van der Waals surface area (Å²) in [6, 6.07) is 8.91. The Hall–Kier alpha value is -1.31. The van der Waals surface area contributed by atoms with Crippen molar-refractivity contribution in [3.8, 4) is 0 Å². The van der Waals surface area contributed by atoms with E-state index >= 15 is 0 Å². The largest absolute Gasteiger partial charge is 0.372 e. The van der Waals surface area contributed by atoms with Crippen molar-refractivity contribution in [2.24, 2.45) is 28.2 Å². The van der Waals surface area contributed by atoms with Crippen molar-refractivity contribution in [2.45, 2.75) is 52.4 Å². The van der Waals surface area contributed by atoms with Crippen LogP contribution in [0.3, 0.4) is 0 Å². The molecular formula is C22H32N2. The van der Waals surface area contributed by atoms with E-state index in [1.165, 1.54) is 49.8 Å². The third-order valence-corrected chi connectivity index (χ3v) is 6.85. The first-order valence-electron chi connectivity index (χ1n) is 10.0. The molecule has 4 fully saturated rings. The van der Waals surface area contributed by atoms with E-state index in [0.717, 1.165) is 37.4 Å². The second kappa shape index (κ2) is 6.54. The Balaban J connectivity index is 1.39. The predicted molar refractivity (Wildman–Crippen MR) is 103 cm³/mol. The molecule has 1 aromatic carbocycles. The minimum Gasteiger partial charge on any atom is -0.372 e. The maximum atomic E-state index is 4.91. The molecule has 2 heteroatoms. The highest BCUT2D eigenvalue weighted by Gasteiger charge is 2.50. The van der Waals surface area contributed by atoms with E-state index in [0.29, 0.717) is 5.41 Å². The molecular weight excluding hydrogens is 292 g/mol. The second-order valence-electron chi connectivity index (χ2n) is 8.65. The van der Waals surface area contributed by atoms with E-state index < -0.39 is 0 Å². The van der Waals surface area contributed by atoms with Crippen molar-refractivity contribution in [3.05, 3.63) is 29.8 Å². The second-order valence-corrected chi connectivity index (χ2v) is 8.65. The van der Waals surface area contributed by atoms with Gasteiger partial charge >= 0.3 is 0 Å². The van der Waals surface area contributed by atoms with Gasteiger partial charge in [-0.1, -0.05) is 12.1 Å². The Kier molecular flexibility index (Phi) is 4.40. The number of benzene rings is 1. The summed E-state index contributed by atoms with van der Waals surface area (Å²) in [6.45, 7) is 7.62. The van der Waals surface area contributed by atoms with Crippen molar-refractivity contribution >= 4 is 11.9 Å². The smallest absolute Gasteiger partial charge is 0.0446 e. The topological polar surface area (TPSA) is 15.6 Å². The maximum Gasteiger partial charge on any atom is 0.0446 e. The van der Waals surface area contributed by atoms with Gasteiger partial charge in [-0.15, -0.1) is 0 Å². The van der Waals surface area contributed by atoms with E-state index in [4.69, 9.17) is 4.99 Å². The molecule has 4 saturated carbocycles. The van der Waals surface area contributed by atoms with Crippen molar-refractivity contribution < 1.29 is 0 Å². The van der Waals surface area contributed by atoms with E-state index in [9.17, 15) is 0 Å². The first kappa shape index (κ1) is 16.2. The molecule has 0 N–H and O–H groups in total. The van der Waals surface area contributed by atoms with Crippen LogP contribution in [0.4, 0.5) is 5.69 Å². The molecule has 5 rings (SSSR count). The SMILES string of the molecule is CCN(CC)c1ccc(C=NCC23CC4CC(CC(C4)C2)C3)cc1. The molecule has 24 heavy (non-hydrogen) atoms. The number of hydrogen-bond acceptors (Lipinski definition) is 2. The molecule has 4 bridgehead atoms. The minimum absolute atomic E-state index is 0.562. The number of anilines is 1. The van der Waals surface area contributed by atoms with Crippen LogP contribution >= 0.6 is 0 Å². The van der Waals surface area contributed by atoms with Gasteiger partial charge in [0.05, 0.1) is 0 Å². The van der Waals surface area contributed by atoms with Gasteiger partial charge in [0.1, 0.15) is 0 Å². The Morgan fingerprint density at radius 2 is 1.50 bits per heavy atom. The van der Waals surface area contributed by atoms with Crippen molar-refractivity contribution in [1.29, 1.82) is 0 Å². The van der Waals surface area contributed by atoms with E-state index in [1.54, 1.807) is 0 Å². The number of nitrogens with zero attached hydrogens (tertiary/aromatic N) is 2. The molecule has 2 nitrogen and oxygen atoms in total. The lowest BCUT2D eigenvalue weighted by Crippen LogP contribution is -2.47. The fourth-order valence-electron chi connectivity index (χ4n) is 6.19. The Morgan fingerprint density at radius 3 is 2.00 bits per heavy atom. The molecule has 4 aliphatic carbocycles. The van der Waals surface area contributed by atoms with Gasteiger partial charge < -0.3 is 4.90 Å². The number of hydrogen-bond donors (Lipinski definition) is 0. The van der Waals surface area contributed by atoms with Crippen molar-refractivity contribution in [1.82, 2.24) is 0 Å². The molecule has 0 spiro atoms. The van der Waals surface area contributed by atoms with Gasteiger partial charge in [0.15, 0.2) is 0 Å². The number of aliphatic imine (C=N–C) groups is 1. The van der Waals surface area contributed by atoms with E-state index in [1.807, 2.05) is 0 Å². The van der Waals surface area contributed by atoms with Crippen LogP contribution in [0.25, 0.3) is 0 Å². The van der Waals surface area contributed by atoms with Crippen molar-refractivity contribution in [3.63, 3.8) is 0 Å². The predicted octanol–water partition coefficient (Wildman–Crippen LogP) is 5.17. The molecule has 130 valence electrons. The van der Waals surface area contributed by atoms with Crippen LogP contribution in [0.2, 0.25) is 0 Å². The average molecular weight is 325 g/mol. The van der Waals surface area contributed by atoms with Gasteiger partial charge in [-0.05, 0) is 93.2 Å². The molecule has 1 aromatic rings. The van der Waals surface area contributed by atoms with Gasteiger partial charge in [-0.25, -0.2) is 0 Å². The van der Waals surface area contributed by atoms with Crippen LogP contribution in [0.5, 0.6) is 0 Å². The first-order chi connectivity index (χ1) is 11.7. The molecule has 0 atom stereocenters. The summed E-state index contributed by atoms with van der Waals surface area (Å²) >= 11 is 0. The Labute approximate surface area is 147 Å². The van der Waals surface area contributed by atoms with Crippen LogP contribution in [-0.4, -0.2) is 25.8 Å². The van der Waals surface area contributed by atoms with Crippen molar-refractivity contribution in [2.75, 3.05) is 24.5 Å². The molecule has 0 aliphatic heterocycles. The normalized spacial score (nSPS) is 34.2. The van der Waals surface area contributed by atoms with E-state index in [2.05, 4.69) is 49.2 Å². The summed E-state index contributed by atoms with van der Waals surface area (Å²) in [4.78, 5) is 7.29. The summed E-state index contributed by atoms with van der Waals surface area (Å²) in [5.41, 5.74) is 3.13. The summed E-state index contributed by atoms with van der Waals surface area (Å²) in [5.74, 6) is 3.08. The minimum atomic E-state index is 0.562. The van der Waals surface area contributed by atoms with Crippen LogP contribution in [-0.2, 0) is 0 Å².